The Balaban J connectivity index is 1.70. The molecule has 2 aliphatic rings. The number of nitrogens with zero attached hydrogens (tertiary/aromatic N) is 1. The maximum atomic E-state index is 13.3. The normalized spacial score (nSPS) is 18.5. The van der Waals surface area contributed by atoms with Crippen LogP contribution in [-0.2, 0) is 4.74 Å². The summed E-state index contributed by atoms with van der Waals surface area (Å²) < 4.78 is 19.3. The fourth-order valence-corrected chi connectivity index (χ4v) is 3.14. The highest BCUT2D eigenvalue weighted by molar-refractivity contribution is 6.31. The number of nitrogens with one attached hydrogen (secondary N) is 1. The van der Waals surface area contributed by atoms with E-state index in [4.69, 9.17) is 10.1 Å². The Kier molecular flexibility index (Phi) is 4.94. The van der Waals surface area contributed by atoms with Gasteiger partial charge in [-0.05, 0) is 67.3 Å². The van der Waals surface area contributed by atoms with Gasteiger partial charge in [0, 0.05) is 30.1 Å². The van der Waals surface area contributed by atoms with Crippen LogP contribution in [0.25, 0.3) is 5.57 Å². The number of hydrogen-bond acceptors (Lipinski definition) is 3. The fourth-order valence-electron chi connectivity index (χ4n) is 3.14. The van der Waals surface area contributed by atoms with Crippen molar-refractivity contribution in [2.45, 2.75) is 25.4 Å². The van der Waals surface area contributed by atoms with Gasteiger partial charge in [-0.15, -0.1) is 0 Å². The van der Waals surface area contributed by atoms with Gasteiger partial charge in [0.25, 0.3) is 5.88 Å². The molecule has 27 heavy (non-hydrogen) atoms. The molecule has 1 fully saturated rings. The predicted octanol–water partition coefficient (Wildman–Crippen LogP) is 3.54. The number of benzene rings is 1. The molecule has 136 valence electrons. The Morgan fingerprint density at radius 1 is 1.07 bits per heavy atom. The second kappa shape index (κ2) is 7.68. The van der Waals surface area contributed by atoms with Crippen molar-refractivity contribution in [3.63, 3.8) is 0 Å². The molecule has 1 aromatic heterocycles. The summed E-state index contributed by atoms with van der Waals surface area (Å²) in [6.07, 6.45) is 13.0. The van der Waals surface area contributed by atoms with E-state index < -0.39 is 0 Å². The molecule has 2 aromatic rings. The van der Waals surface area contributed by atoms with Crippen LogP contribution < -0.4 is 5.32 Å². The van der Waals surface area contributed by atoms with Crippen molar-refractivity contribution in [3.05, 3.63) is 95.5 Å². The third-order valence-electron chi connectivity index (χ3n) is 4.83. The molecule has 1 saturated carbocycles. The highest BCUT2D eigenvalue weighted by atomic mass is 19.1. The average Bonchev–Trinajstić information content (AvgIpc) is 2.67. The van der Waals surface area contributed by atoms with Crippen molar-refractivity contribution in [2.24, 2.45) is 0 Å². The second-order valence-electron chi connectivity index (χ2n) is 6.69. The fraction of sp³-hybridized carbons (Fsp3) is 0.182. The van der Waals surface area contributed by atoms with E-state index in [1.54, 1.807) is 24.5 Å². The zero-order chi connectivity index (χ0) is 18.6. The summed E-state index contributed by atoms with van der Waals surface area (Å²) in [4.78, 5) is 4.08. The van der Waals surface area contributed by atoms with E-state index in [1.165, 1.54) is 18.6 Å². The first kappa shape index (κ1) is 17.4. The number of aromatic nitrogens is 1. The van der Waals surface area contributed by atoms with E-state index in [2.05, 4.69) is 4.98 Å². The molecular formula is C22H21FN3O+. The topological polar surface area (TPSA) is 62.6 Å². The summed E-state index contributed by atoms with van der Waals surface area (Å²) in [6, 6.07) is 9.79. The van der Waals surface area contributed by atoms with Crippen LogP contribution in [-0.4, -0.2) is 16.8 Å². The Morgan fingerprint density at radius 2 is 1.81 bits per heavy atom. The van der Waals surface area contributed by atoms with Gasteiger partial charge in [-0.25, -0.2) is 9.71 Å². The molecule has 0 saturated heterocycles. The standard InChI is InChI=1S/C22H20FN3O/c23-17-9-7-16(8-10-17)22(24)21(15-11-13-25-14-12-15)19-5-2-6-20(26-19)27-18-3-1-4-18/h2,5-14,18,24,26H,1,3-4H2/p+1/b21-19-,24-22?. The molecule has 5 heteroatoms. The van der Waals surface area contributed by atoms with Crippen LogP contribution in [0.5, 0.6) is 0 Å². The summed E-state index contributed by atoms with van der Waals surface area (Å²) >= 11 is 0. The second-order valence-corrected chi connectivity index (χ2v) is 6.69. The summed E-state index contributed by atoms with van der Waals surface area (Å²) in [5.74, 6) is 0.503. The third-order valence-corrected chi connectivity index (χ3v) is 4.83. The molecule has 1 aliphatic heterocycles. The first-order chi connectivity index (χ1) is 13.2. The van der Waals surface area contributed by atoms with Gasteiger partial charge in [0.05, 0.1) is 11.3 Å². The number of quaternary nitrogens is 1. The lowest BCUT2D eigenvalue weighted by Crippen LogP contribution is -2.81. The highest BCUT2D eigenvalue weighted by Crippen LogP contribution is 2.25. The molecule has 4 rings (SSSR count). The quantitative estimate of drug-likeness (QED) is 0.799. The van der Waals surface area contributed by atoms with E-state index in [0.29, 0.717) is 17.4 Å². The Hall–Kier alpha value is -3.05. The monoisotopic (exact) mass is 362 g/mol. The maximum Gasteiger partial charge on any atom is 0.293 e. The number of rotatable bonds is 5. The average molecular weight is 362 g/mol. The van der Waals surface area contributed by atoms with Gasteiger partial charge in [-0.1, -0.05) is 0 Å². The van der Waals surface area contributed by atoms with Crippen molar-refractivity contribution in [3.8, 4) is 0 Å². The van der Waals surface area contributed by atoms with Crippen LogP contribution in [0.4, 0.5) is 4.39 Å². The number of halogens is 1. The molecule has 0 amide bonds. The number of hydrogen-bond donors (Lipinski definition) is 2. The molecule has 2 heterocycles. The van der Waals surface area contributed by atoms with Gasteiger partial charge < -0.3 is 4.74 Å². The van der Waals surface area contributed by atoms with Crippen LogP contribution in [0.2, 0.25) is 0 Å². The summed E-state index contributed by atoms with van der Waals surface area (Å²) in [6.45, 7) is 0. The number of nitrogens with two attached hydrogens (primary N) is 1. The molecule has 0 bridgehead atoms. The summed E-state index contributed by atoms with van der Waals surface area (Å²) in [7, 11) is 0. The molecule has 1 aromatic carbocycles. The van der Waals surface area contributed by atoms with Crippen molar-refractivity contribution < 1.29 is 14.4 Å². The first-order valence-corrected chi connectivity index (χ1v) is 9.10. The van der Waals surface area contributed by atoms with E-state index >= 15 is 0 Å². The lowest BCUT2D eigenvalue weighted by molar-refractivity contribution is -0.583. The lowest BCUT2D eigenvalue weighted by Gasteiger charge is -2.26. The summed E-state index contributed by atoms with van der Waals surface area (Å²) in [5, 5.41) is 10.7. The Morgan fingerprint density at radius 3 is 2.48 bits per heavy atom. The van der Waals surface area contributed by atoms with Crippen LogP contribution in [0.1, 0.15) is 30.4 Å². The summed E-state index contributed by atoms with van der Waals surface area (Å²) in [5.41, 5.74) is 3.55. The highest BCUT2D eigenvalue weighted by Gasteiger charge is 2.25. The number of allylic oxidation sites excluding steroid dienone is 4. The van der Waals surface area contributed by atoms with Gasteiger partial charge >= 0.3 is 0 Å². The molecule has 0 radical (unpaired) electrons. The van der Waals surface area contributed by atoms with Gasteiger partial charge in [-0.3, -0.25) is 10.4 Å². The number of pyridine rings is 1. The molecule has 1 aliphatic carbocycles. The van der Waals surface area contributed by atoms with Crippen molar-refractivity contribution in [2.75, 3.05) is 0 Å². The van der Waals surface area contributed by atoms with Crippen LogP contribution in [0, 0.1) is 11.2 Å². The largest absolute Gasteiger partial charge is 0.448 e. The Labute approximate surface area is 157 Å². The molecule has 0 atom stereocenters. The minimum absolute atomic E-state index is 0.293. The smallest absolute Gasteiger partial charge is 0.293 e. The SMILES string of the molecule is N=C(/C(=C1/C=CC=C(OC2CCC2)[NH2+]1)c1ccncc1)c1ccc(F)cc1. The van der Waals surface area contributed by atoms with E-state index in [9.17, 15) is 4.39 Å². The van der Waals surface area contributed by atoms with Crippen LogP contribution in [0.15, 0.2) is 78.6 Å². The molecule has 4 nitrogen and oxygen atoms in total. The zero-order valence-corrected chi connectivity index (χ0v) is 14.9. The van der Waals surface area contributed by atoms with Crippen LogP contribution >= 0.6 is 0 Å². The van der Waals surface area contributed by atoms with Crippen molar-refractivity contribution >= 4 is 11.3 Å². The van der Waals surface area contributed by atoms with Gasteiger partial charge in [0.15, 0.2) is 0 Å². The zero-order valence-electron chi connectivity index (χ0n) is 14.9. The minimum atomic E-state index is -0.312. The van der Waals surface area contributed by atoms with E-state index in [0.717, 1.165) is 35.6 Å². The van der Waals surface area contributed by atoms with Gasteiger partial charge in [0.1, 0.15) is 17.6 Å². The minimum Gasteiger partial charge on any atom is -0.448 e. The van der Waals surface area contributed by atoms with Crippen LogP contribution in [0.3, 0.4) is 0 Å². The van der Waals surface area contributed by atoms with Gasteiger partial charge in [0.2, 0.25) is 0 Å². The maximum absolute atomic E-state index is 13.3. The molecular weight excluding hydrogens is 341 g/mol. The predicted molar refractivity (Wildman–Crippen MR) is 102 cm³/mol. The first-order valence-electron chi connectivity index (χ1n) is 9.10. The van der Waals surface area contributed by atoms with E-state index in [-0.39, 0.29) is 5.82 Å². The van der Waals surface area contributed by atoms with E-state index in [1.807, 2.05) is 35.7 Å². The van der Waals surface area contributed by atoms with Crippen molar-refractivity contribution in [1.29, 1.82) is 5.41 Å². The molecule has 3 N–H and O–H groups in total. The Bertz CT molecular complexity index is 926. The number of ether oxygens (including phenoxy) is 1. The third kappa shape index (κ3) is 3.88. The van der Waals surface area contributed by atoms with Gasteiger partial charge in [-0.2, -0.15) is 0 Å². The van der Waals surface area contributed by atoms with Crippen molar-refractivity contribution in [1.82, 2.24) is 4.98 Å². The lowest BCUT2D eigenvalue weighted by atomic mass is 9.94. The molecule has 0 spiro atoms. The molecule has 0 unspecified atom stereocenters.